The van der Waals surface area contributed by atoms with Crippen molar-refractivity contribution in [1.29, 1.82) is 0 Å². The Labute approximate surface area is 135 Å². The average Bonchev–Trinajstić information content (AvgIpc) is 3.08. The maximum atomic E-state index is 11.8. The number of thioether (sulfide) groups is 1. The number of hydrogen-bond acceptors (Lipinski definition) is 4. The molecule has 1 unspecified atom stereocenters. The van der Waals surface area contributed by atoms with Crippen molar-refractivity contribution < 1.29 is 4.79 Å². The Morgan fingerprint density at radius 3 is 2.95 bits per heavy atom. The van der Waals surface area contributed by atoms with E-state index in [1.807, 2.05) is 11.8 Å². The summed E-state index contributed by atoms with van der Waals surface area (Å²) in [6, 6.07) is 3.50. The van der Waals surface area contributed by atoms with E-state index in [2.05, 4.69) is 25.9 Å². The van der Waals surface area contributed by atoms with E-state index in [0.29, 0.717) is 23.9 Å². The van der Waals surface area contributed by atoms with Gasteiger partial charge in [0.05, 0.1) is 5.56 Å². The molecule has 2 rings (SSSR count). The summed E-state index contributed by atoms with van der Waals surface area (Å²) in [4.78, 5) is 19.9. The number of guanidine groups is 1. The van der Waals surface area contributed by atoms with Gasteiger partial charge in [0.1, 0.15) is 0 Å². The molecule has 6 nitrogen and oxygen atoms in total. The predicted octanol–water partition coefficient (Wildman–Crippen LogP) is 0.872. The van der Waals surface area contributed by atoms with Gasteiger partial charge in [-0.05, 0) is 30.7 Å². The largest absolute Gasteiger partial charge is 0.355 e. The summed E-state index contributed by atoms with van der Waals surface area (Å²) < 4.78 is 0. The molecule has 0 aliphatic carbocycles. The first-order valence-electron chi connectivity index (χ1n) is 7.54. The van der Waals surface area contributed by atoms with Crippen molar-refractivity contribution in [2.75, 3.05) is 32.4 Å². The number of rotatable bonds is 6. The Morgan fingerprint density at radius 1 is 1.41 bits per heavy atom. The number of hydrogen-bond donors (Lipinski definition) is 3. The first-order chi connectivity index (χ1) is 10.8. The van der Waals surface area contributed by atoms with Gasteiger partial charge in [-0.3, -0.25) is 14.8 Å². The van der Waals surface area contributed by atoms with E-state index >= 15 is 0 Å². The van der Waals surface area contributed by atoms with E-state index in [-0.39, 0.29) is 5.91 Å². The molecule has 1 fully saturated rings. The molecule has 1 aliphatic heterocycles. The number of aromatic nitrogens is 1. The number of carbonyl (C=O) groups is 1. The van der Waals surface area contributed by atoms with Crippen molar-refractivity contribution in [1.82, 2.24) is 20.9 Å². The number of nitrogens with one attached hydrogen (secondary N) is 3. The van der Waals surface area contributed by atoms with E-state index in [1.165, 1.54) is 18.6 Å². The summed E-state index contributed by atoms with van der Waals surface area (Å²) >= 11 is 2.02. The molecule has 0 aromatic carbocycles. The van der Waals surface area contributed by atoms with Crippen molar-refractivity contribution >= 4 is 23.6 Å². The summed E-state index contributed by atoms with van der Waals surface area (Å²) in [5, 5.41) is 10.1. The number of pyridine rings is 1. The Bertz CT molecular complexity index is 488. The van der Waals surface area contributed by atoms with Crippen molar-refractivity contribution in [3.05, 3.63) is 30.1 Å². The van der Waals surface area contributed by atoms with Crippen LogP contribution in [0.1, 0.15) is 23.2 Å². The van der Waals surface area contributed by atoms with Gasteiger partial charge >= 0.3 is 0 Å². The Kier molecular flexibility index (Phi) is 7.02. The minimum Gasteiger partial charge on any atom is -0.355 e. The van der Waals surface area contributed by atoms with Crippen LogP contribution in [0.2, 0.25) is 0 Å². The molecule has 1 aromatic heterocycles. The highest BCUT2D eigenvalue weighted by Gasteiger charge is 2.15. The van der Waals surface area contributed by atoms with Gasteiger partial charge in [-0.2, -0.15) is 11.8 Å². The summed E-state index contributed by atoms with van der Waals surface area (Å²) in [7, 11) is 1.76. The van der Waals surface area contributed by atoms with Crippen molar-refractivity contribution in [2.45, 2.75) is 18.1 Å². The molecule has 0 spiro atoms. The van der Waals surface area contributed by atoms with E-state index in [9.17, 15) is 4.79 Å². The Morgan fingerprint density at radius 2 is 2.27 bits per heavy atom. The number of carbonyl (C=O) groups excluding carboxylic acids is 1. The lowest BCUT2D eigenvalue weighted by Crippen LogP contribution is -2.43. The molecule has 7 heteroatoms. The molecular weight excluding hydrogens is 298 g/mol. The maximum absolute atomic E-state index is 11.8. The first-order valence-corrected chi connectivity index (χ1v) is 8.59. The smallest absolute Gasteiger partial charge is 0.252 e. The predicted molar refractivity (Wildman–Crippen MR) is 91.4 cm³/mol. The molecule has 0 bridgehead atoms. The highest BCUT2D eigenvalue weighted by atomic mass is 32.2. The number of amides is 1. The van der Waals surface area contributed by atoms with Gasteiger partial charge < -0.3 is 16.0 Å². The van der Waals surface area contributed by atoms with Crippen LogP contribution < -0.4 is 16.0 Å². The molecule has 1 saturated heterocycles. The molecule has 3 N–H and O–H groups in total. The van der Waals surface area contributed by atoms with Crippen molar-refractivity contribution in [3.63, 3.8) is 0 Å². The lowest BCUT2D eigenvalue weighted by Gasteiger charge is -2.15. The second-order valence-electron chi connectivity index (χ2n) is 5.01. The molecule has 0 radical (unpaired) electrons. The quantitative estimate of drug-likeness (QED) is 0.412. The van der Waals surface area contributed by atoms with Gasteiger partial charge in [-0.25, -0.2) is 0 Å². The molecular formula is C15H23N5OS. The lowest BCUT2D eigenvalue weighted by atomic mass is 10.2. The summed E-state index contributed by atoms with van der Waals surface area (Å²) in [5.74, 6) is 1.93. The molecule has 1 aromatic rings. The molecule has 2 heterocycles. The molecule has 1 atom stereocenters. The third-order valence-corrected chi connectivity index (χ3v) is 4.77. The minimum absolute atomic E-state index is 0.111. The highest BCUT2D eigenvalue weighted by Crippen LogP contribution is 2.25. The van der Waals surface area contributed by atoms with Crippen LogP contribution in [0.4, 0.5) is 0 Å². The van der Waals surface area contributed by atoms with E-state index in [1.54, 1.807) is 31.6 Å². The second kappa shape index (κ2) is 9.30. The van der Waals surface area contributed by atoms with Crippen LogP contribution in [0.5, 0.6) is 0 Å². The fraction of sp³-hybridized carbons (Fsp3) is 0.533. The Balaban J connectivity index is 1.61. The third-order valence-electron chi connectivity index (χ3n) is 3.37. The topological polar surface area (TPSA) is 78.4 Å². The van der Waals surface area contributed by atoms with Crippen LogP contribution in [-0.2, 0) is 0 Å². The van der Waals surface area contributed by atoms with Crippen molar-refractivity contribution in [3.8, 4) is 0 Å². The first kappa shape index (κ1) is 16.6. The molecule has 0 saturated carbocycles. The molecule has 1 aliphatic rings. The van der Waals surface area contributed by atoms with Crippen LogP contribution in [0, 0.1) is 0 Å². The van der Waals surface area contributed by atoms with Crippen LogP contribution in [-0.4, -0.2) is 54.5 Å². The second-order valence-corrected chi connectivity index (χ2v) is 6.42. The summed E-state index contributed by atoms with van der Waals surface area (Å²) in [6.07, 6.45) is 5.79. The van der Waals surface area contributed by atoms with Gasteiger partial charge in [-0.15, -0.1) is 0 Å². The minimum atomic E-state index is -0.111. The van der Waals surface area contributed by atoms with Crippen molar-refractivity contribution in [2.24, 2.45) is 4.99 Å². The lowest BCUT2D eigenvalue weighted by molar-refractivity contribution is 0.0954. The monoisotopic (exact) mass is 321 g/mol. The average molecular weight is 321 g/mol. The number of nitrogens with zero attached hydrogens (tertiary/aromatic N) is 2. The van der Waals surface area contributed by atoms with Crippen LogP contribution in [0.3, 0.4) is 0 Å². The third kappa shape index (κ3) is 5.55. The SMILES string of the molecule is CN=C(NCCNC(=O)c1cccnc1)NCC1CCCS1. The Hall–Kier alpha value is -1.76. The molecule has 120 valence electrons. The normalized spacial score (nSPS) is 18.0. The fourth-order valence-corrected chi connectivity index (χ4v) is 3.39. The summed E-state index contributed by atoms with van der Waals surface area (Å²) in [5.41, 5.74) is 0.572. The molecule has 22 heavy (non-hydrogen) atoms. The van der Waals surface area contributed by atoms with E-state index in [0.717, 1.165) is 12.5 Å². The van der Waals surface area contributed by atoms with Crippen LogP contribution >= 0.6 is 11.8 Å². The van der Waals surface area contributed by atoms with Crippen LogP contribution in [0.25, 0.3) is 0 Å². The van der Waals surface area contributed by atoms with E-state index < -0.39 is 0 Å². The standard InChI is InChI=1S/C15H23N5OS/c1-16-15(20-11-13-5-3-9-22-13)19-8-7-18-14(21)12-4-2-6-17-10-12/h2,4,6,10,13H,3,5,7-9,11H2,1H3,(H,18,21)(H2,16,19,20). The zero-order chi connectivity index (χ0) is 15.6. The zero-order valence-corrected chi connectivity index (χ0v) is 13.7. The zero-order valence-electron chi connectivity index (χ0n) is 12.8. The molecule has 1 amide bonds. The van der Waals surface area contributed by atoms with Crippen LogP contribution in [0.15, 0.2) is 29.5 Å². The van der Waals surface area contributed by atoms with Gasteiger partial charge in [0, 0.05) is 44.3 Å². The van der Waals surface area contributed by atoms with Gasteiger partial charge in [-0.1, -0.05) is 0 Å². The van der Waals surface area contributed by atoms with Gasteiger partial charge in [0.15, 0.2) is 5.96 Å². The van der Waals surface area contributed by atoms with Gasteiger partial charge in [0.25, 0.3) is 5.91 Å². The summed E-state index contributed by atoms with van der Waals surface area (Å²) in [6.45, 7) is 2.10. The van der Waals surface area contributed by atoms with E-state index in [4.69, 9.17) is 0 Å². The number of aliphatic imine (C=N–C) groups is 1. The maximum Gasteiger partial charge on any atom is 0.252 e. The fourth-order valence-electron chi connectivity index (χ4n) is 2.19. The van der Waals surface area contributed by atoms with Gasteiger partial charge in [0.2, 0.25) is 0 Å². The highest BCUT2D eigenvalue weighted by molar-refractivity contribution is 8.00.